The molecule has 0 saturated carbocycles. The van der Waals surface area contributed by atoms with E-state index in [1.54, 1.807) is 6.08 Å². The van der Waals surface area contributed by atoms with Crippen molar-refractivity contribution in [3.05, 3.63) is 77.5 Å². The molecular weight excluding hydrogens is 414 g/mol. The first-order valence-electron chi connectivity index (χ1n) is 11.2. The lowest BCUT2D eigenvalue weighted by atomic mass is 9.97. The number of nitrogens with two attached hydrogens (primary N) is 1. The summed E-state index contributed by atoms with van der Waals surface area (Å²) in [5, 5.41) is 1.24. The summed E-state index contributed by atoms with van der Waals surface area (Å²) in [6.45, 7) is 8.14. The third kappa shape index (κ3) is 7.32. The van der Waals surface area contributed by atoms with Gasteiger partial charge in [-0.3, -0.25) is 14.5 Å². The number of esters is 1. The van der Waals surface area contributed by atoms with Crippen molar-refractivity contribution in [3.63, 3.8) is 0 Å². The number of carbonyl (C=O) groups is 2. The average Bonchev–Trinajstić information content (AvgIpc) is 3.19. The van der Waals surface area contributed by atoms with Crippen LogP contribution in [0.1, 0.15) is 37.5 Å². The molecule has 0 radical (unpaired) electrons. The first-order chi connectivity index (χ1) is 15.7. The van der Waals surface area contributed by atoms with Gasteiger partial charge in [-0.05, 0) is 56.0 Å². The molecule has 0 fully saturated rings. The van der Waals surface area contributed by atoms with E-state index in [0.717, 1.165) is 36.2 Å². The van der Waals surface area contributed by atoms with Gasteiger partial charge in [0.1, 0.15) is 6.61 Å². The van der Waals surface area contributed by atoms with E-state index in [-0.39, 0.29) is 5.97 Å². The molecule has 3 N–H and O–H groups in total. The maximum Gasteiger partial charge on any atom is 0.311 e. The zero-order chi connectivity index (χ0) is 23.8. The van der Waals surface area contributed by atoms with Crippen molar-refractivity contribution in [2.45, 2.75) is 33.7 Å². The van der Waals surface area contributed by atoms with Crippen LogP contribution in [0.15, 0.2) is 60.8 Å². The number of nitrogens with zero attached hydrogens (tertiary/aromatic N) is 1. The number of ether oxygens (including phenoxy) is 1. The monoisotopic (exact) mass is 447 g/mol. The number of H-pyrrole nitrogens is 1. The van der Waals surface area contributed by atoms with Gasteiger partial charge in [-0.15, -0.1) is 0 Å². The highest BCUT2D eigenvalue weighted by Crippen LogP contribution is 2.19. The summed E-state index contributed by atoms with van der Waals surface area (Å²) in [5.41, 5.74) is 9.13. The molecule has 0 bridgehead atoms. The molecule has 0 aliphatic carbocycles. The fourth-order valence-electron chi connectivity index (χ4n) is 3.54. The Kier molecular flexibility index (Phi) is 8.06. The smallest absolute Gasteiger partial charge is 0.311 e. The third-order valence-corrected chi connectivity index (χ3v) is 5.45. The van der Waals surface area contributed by atoms with Crippen molar-refractivity contribution in [2.75, 3.05) is 19.7 Å². The van der Waals surface area contributed by atoms with Crippen LogP contribution in [-0.4, -0.2) is 41.5 Å². The molecule has 3 rings (SSSR count). The van der Waals surface area contributed by atoms with Gasteiger partial charge in [0.05, 0.1) is 5.41 Å². The maximum atomic E-state index is 12.2. The molecule has 0 aliphatic rings. The molecule has 1 heterocycles. The van der Waals surface area contributed by atoms with Crippen molar-refractivity contribution >= 4 is 28.9 Å². The number of carbonyl (C=O) groups excluding carboxylic acids is 2. The van der Waals surface area contributed by atoms with Crippen LogP contribution < -0.4 is 5.73 Å². The Bertz CT molecular complexity index is 1110. The van der Waals surface area contributed by atoms with Gasteiger partial charge >= 0.3 is 5.97 Å². The zero-order valence-electron chi connectivity index (χ0n) is 19.6. The minimum atomic E-state index is -0.511. The molecule has 2 aromatic carbocycles. The van der Waals surface area contributed by atoms with E-state index in [0.29, 0.717) is 13.2 Å². The molecule has 33 heavy (non-hydrogen) atoms. The standard InChI is InChI=1S/C27H33N3O3/c1-27(2,3)26(32)33-17-16-30(15-14-22-18-29-24-7-5-4-6-23(22)24)19-21-10-8-20(9-11-21)12-13-25(28)31/h4-13,18,29H,14-17,19H2,1-3H3,(H2,28,31)/b13-12+. The van der Waals surface area contributed by atoms with Gasteiger partial charge in [0, 0.05) is 42.8 Å². The lowest BCUT2D eigenvalue weighted by Crippen LogP contribution is -2.32. The fraction of sp³-hybridized carbons (Fsp3) is 0.333. The van der Waals surface area contributed by atoms with Crippen LogP contribution in [0.5, 0.6) is 0 Å². The van der Waals surface area contributed by atoms with Crippen LogP contribution in [0.25, 0.3) is 17.0 Å². The Morgan fingerprint density at radius 2 is 1.79 bits per heavy atom. The van der Waals surface area contributed by atoms with Gasteiger partial charge in [0.25, 0.3) is 0 Å². The Balaban J connectivity index is 1.66. The summed E-state index contributed by atoms with van der Waals surface area (Å²) in [6.07, 6.45) is 6.01. The molecule has 3 aromatic rings. The van der Waals surface area contributed by atoms with E-state index in [9.17, 15) is 9.59 Å². The summed E-state index contributed by atoms with van der Waals surface area (Å²) >= 11 is 0. The van der Waals surface area contributed by atoms with E-state index in [2.05, 4.69) is 34.3 Å². The molecule has 0 saturated heterocycles. The highest BCUT2D eigenvalue weighted by Gasteiger charge is 2.23. The molecule has 1 amide bonds. The van der Waals surface area contributed by atoms with E-state index in [1.807, 2.05) is 51.1 Å². The first kappa shape index (κ1) is 24.3. The molecule has 6 heteroatoms. The normalized spacial score (nSPS) is 12.0. The van der Waals surface area contributed by atoms with Crippen LogP contribution in [0.4, 0.5) is 0 Å². The number of aromatic nitrogens is 1. The number of para-hydroxylation sites is 1. The number of aromatic amines is 1. The van der Waals surface area contributed by atoms with Crippen molar-refractivity contribution < 1.29 is 14.3 Å². The maximum absolute atomic E-state index is 12.2. The Labute approximate surface area is 195 Å². The molecule has 0 aliphatic heterocycles. The minimum absolute atomic E-state index is 0.190. The summed E-state index contributed by atoms with van der Waals surface area (Å²) in [4.78, 5) is 28.7. The van der Waals surface area contributed by atoms with E-state index in [4.69, 9.17) is 10.5 Å². The zero-order valence-corrected chi connectivity index (χ0v) is 19.6. The molecule has 6 nitrogen and oxygen atoms in total. The minimum Gasteiger partial charge on any atom is -0.464 e. The number of primary amides is 1. The molecule has 174 valence electrons. The fourth-order valence-corrected chi connectivity index (χ4v) is 3.54. The number of benzene rings is 2. The topological polar surface area (TPSA) is 88.4 Å². The number of nitrogens with one attached hydrogen (secondary N) is 1. The van der Waals surface area contributed by atoms with E-state index < -0.39 is 11.3 Å². The van der Waals surface area contributed by atoms with Crippen molar-refractivity contribution in [3.8, 4) is 0 Å². The van der Waals surface area contributed by atoms with Gasteiger partial charge in [-0.25, -0.2) is 0 Å². The van der Waals surface area contributed by atoms with Crippen LogP contribution in [0.3, 0.4) is 0 Å². The number of amides is 1. The second kappa shape index (κ2) is 11.0. The highest BCUT2D eigenvalue weighted by atomic mass is 16.5. The number of hydrogen-bond acceptors (Lipinski definition) is 4. The quantitative estimate of drug-likeness (QED) is 0.358. The highest BCUT2D eigenvalue weighted by molar-refractivity contribution is 5.90. The second-order valence-electron chi connectivity index (χ2n) is 9.25. The predicted octanol–water partition coefficient (Wildman–Crippen LogP) is 4.30. The largest absolute Gasteiger partial charge is 0.464 e. The lowest BCUT2D eigenvalue weighted by Gasteiger charge is -2.24. The van der Waals surface area contributed by atoms with E-state index >= 15 is 0 Å². The van der Waals surface area contributed by atoms with Gasteiger partial charge in [0.2, 0.25) is 5.91 Å². The van der Waals surface area contributed by atoms with Gasteiger partial charge in [-0.2, -0.15) is 0 Å². The lowest BCUT2D eigenvalue weighted by molar-refractivity contribution is -0.153. The summed E-state index contributed by atoms with van der Waals surface area (Å²) in [6, 6.07) is 16.3. The van der Waals surface area contributed by atoms with Crippen molar-refractivity contribution in [2.24, 2.45) is 11.1 Å². The van der Waals surface area contributed by atoms with Crippen LogP contribution in [0.2, 0.25) is 0 Å². The van der Waals surface area contributed by atoms with Crippen molar-refractivity contribution in [1.82, 2.24) is 9.88 Å². The van der Waals surface area contributed by atoms with Gasteiger partial charge in [-0.1, -0.05) is 42.5 Å². The Hall–Kier alpha value is -3.38. The van der Waals surface area contributed by atoms with Gasteiger partial charge in [0.15, 0.2) is 0 Å². The Morgan fingerprint density at radius 1 is 1.06 bits per heavy atom. The van der Waals surface area contributed by atoms with Crippen LogP contribution >= 0.6 is 0 Å². The molecule has 0 unspecified atom stereocenters. The summed E-state index contributed by atoms with van der Waals surface area (Å²) in [5.74, 6) is -0.656. The van der Waals surface area contributed by atoms with Crippen LogP contribution in [0, 0.1) is 5.41 Å². The van der Waals surface area contributed by atoms with E-state index in [1.165, 1.54) is 17.0 Å². The second-order valence-corrected chi connectivity index (χ2v) is 9.25. The predicted molar refractivity (Wildman–Crippen MR) is 132 cm³/mol. The average molecular weight is 448 g/mol. The van der Waals surface area contributed by atoms with Crippen LogP contribution in [-0.2, 0) is 27.3 Å². The van der Waals surface area contributed by atoms with Gasteiger partial charge < -0.3 is 15.5 Å². The third-order valence-electron chi connectivity index (χ3n) is 5.45. The number of rotatable bonds is 10. The summed E-state index contributed by atoms with van der Waals surface area (Å²) in [7, 11) is 0. The van der Waals surface area contributed by atoms with Crippen molar-refractivity contribution in [1.29, 1.82) is 0 Å². The number of fused-ring (bicyclic) bond motifs is 1. The summed E-state index contributed by atoms with van der Waals surface area (Å²) < 4.78 is 5.52. The molecule has 0 atom stereocenters. The molecule has 1 aromatic heterocycles. The molecular formula is C27H33N3O3. The number of hydrogen-bond donors (Lipinski definition) is 2. The SMILES string of the molecule is CC(C)(C)C(=O)OCCN(CCc1c[nH]c2ccccc12)Cc1ccc(/C=C/C(N)=O)cc1. The first-order valence-corrected chi connectivity index (χ1v) is 11.2. The molecule has 0 spiro atoms. The Morgan fingerprint density at radius 3 is 2.48 bits per heavy atom.